The van der Waals surface area contributed by atoms with Gasteiger partial charge in [-0.15, -0.1) is 0 Å². The van der Waals surface area contributed by atoms with E-state index in [4.69, 9.17) is 4.74 Å². The Labute approximate surface area is 155 Å². The highest BCUT2D eigenvalue weighted by atomic mass is 32.2. The summed E-state index contributed by atoms with van der Waals surface area (Å²) < 4.78 is 34.3. The molecule has 0 aliphatic heterocycles. The number of nitro benzene ring substituents is 1. The van der Waals surface area contributed by atoms with Gasteiger partial charge in [-0.25, -0.2) is 17.8 Å². The molecule has 0 aliphatic carbocycles. The number of sulfonamides is 1. The van der Waals surface area contributed by atoms with Crippen LogP contribution in [0.3, 0.4) is 0 Å². The summed E-state index contributed by atoms with van der Waals surface area (Å²) in [6.45, 7) is -0.0268. The lowest BCUT2D eigenvalue weighted by Gasteiger charge is -2.10. The van der Waals surface area contributed by atoms with Gasteiger partial charge in [0.05, 0.1) is 23.9 Å². The fourth-order valence-electron chi connectivity index (χ4n) is 2.42. The molecule has 0 bridgehead atoms. The van der Waals surface area contributed by atoms with Gasteiger partial charge in [0, 0.05) is 30.4 Å². The van der Waals surface area contributed by atoms with Crippen LogP contribution in [-0.4, -0.2) is 30.2 Å². The number of aromatic nitrogens is 2. The molecule has 140 valence electrons. The van der Waals surface area contributed by atoms with E-state index < -0.39 is 14.9 Å². The predicted molar refractivity (Wildman–Crippen MR) is 97.2 cm³/mol. The number of ether oxygens (including phenoxy) is 1. The second kappa shape index (κ2) is 7.56. The van der Waals surface area contributed by atoms with Gasteiger partial charge in [0.25, 0.3) is 5.69 Å². The standard InChI is InChI=1S/C17H16N4O5S/c1-26-16-8-7-15(21(22)23)9-17(16)27(24,25)19-11-13-10-18-20(12-13)14-5-3-2-4-6-14/h2-10,12,19H,11H2,1H3. The highest BCUT2D eigenvalue weighted by molar-refractivity contribution is 7.89. The van der Waals surface area contributed by atoms with Crippen LogP contribution in [0.4, 0.5) is 5.69 Å². The van der Waals surface area contributed by atoms with E-state index in [9.17, 15) is 18.5 Å². The third kappa shape index (κ3) is 4.13. The number of para-hydroxylation sites is 1. The Morgan fingerprint density at radius 2 is 1.96 bits per heavy atom. The van der Waals surface area contributed by atoms with Crippen molar-refractivity contribution >= 4 is 15.7 Å². The first-order valence-corrected chi connectivity index (χ1v) is 9.30. The van der Waals surface area contributed by atoms with Crippen LogP contribution < -0.4 is 9.46 Å². The normalized spacial score (nSPS) is 11.3. The van der Waals surface area contributed by atoms with Crippen LogP contribution >= 0.6 is 0 Å². The summed E-state index contributed by atoms with van der Waals surface area (Å²) in [6.07, 6.45) is 3.24. The minimum atomic E-state index is -4.03. The van der Waals surface area contributed by atoms with Gasteiger partial charge in [-0.1, -0.05) is 18.2 Å². The van der Waals surface area contributed by atoms with Crippen molar-refractivity contribution in [2.45, 2.75) is 11.4 Å². The van der Waals surface area contributed by atoms with Crippen LogP contribution in [0.5, 0.6) is 5.75 Å². The Morgan fingerprint density at radius 1 is 1.22 bits per heavy atom. The quantitative estimate of drug-likeness (QED) is 0.490. The molecule has 1 aromatic heterocycles. The van der Waals surface area contributed by atoms with E-state index in [-0.39, 0.29) is 22.9 Å². The van der Waals surface area contributed by atoms with Gasteiger partial charge in [-0.05, 0) is 18.2 Å². The molecular weight excluding hydrogens is 372 g/mol. The Bertz CT molecular complexity index is 1060. The summed E-state index contributed by atoms with van der Waals surface area (Å²) in [6, 6.07) is 12.8. The van der Waals surface area contributed by atoms with Crippen molar-refractivity contribution in [1.29, 1.82) is 0 Å². The number of benzene rings is 2. The zero-order chi connectivity index (χ0) is 19.4. The lowest BCUT2D eigenvalue weighted by molar-refractivity contribution is -0.385. The van der Waals surface area contributed by atoms with E-state index in [0.29, 0.717) is 5.56 Å². The van der Waals surface area contributed by atoms with Gasteiger partial charge in [0.1, 0.15) is 10.6 Å². The minimum Gasteiger partial charge on any atom is -0.495 e. The summed E-state index contributed by atoms with van der Waals surface area (Å²) in [7, 11) is -2.73. The van der Waals surface area contributed by atoms with Crippen LogP contribution in [0.1, 0.15) is 5.56 Å². The molecule has 2 aromatic carbocycles. The zero-order valence-corrected chi connectivity index (χ0v) is 15.1. The molecule has 3 rings (SSSR count). The monoisotopic (exact) mass is 388 g/mol. The van der Waals surface area contributed by atoms with Gasteiger partial charge in [-0.3, -0.25) is 10.1 Å². The number of hydrogen-bond acceptors (Lipinski definition) is 6. The van der Waals surface area contributed by atoms with E-state index in [1.807, 2.05) is 30.3 Å². The Balaban J connectivity index is 1.81. The third-order valence-electron chi connectivity index (χ3n) is 3.77. The van der Waals surface area contributed by atoms with Gasteiger partial charge in [0.15, 0.2) is 0 Å². The van der Waals surface area contributed by atoms with Crippen LogP contribution in [0.25, 0.3) is 5.69 Å². The third-order valence-corrected chi connectivity index (χ3v) is 5.19. The molecule has 0 spiro atoms. The highest BCUT2D eigenvalue weighted by Gasteiger charge is 2.23. The first kappa shape index (κ1) is 18.5. The second-order valence-electron chi connectivity index (χ2n) is 5.55. The van der Waals surface area contributed by atoms with Gasteiger partial charge in [0.2, 0.25) is 10.0 Å². The molecule has 0 saturated carbocycles. The van der Waals surface area contributed by atoms with Crippen LogP contribution in [-0.2, 0) is 16.6 Å². The van der Waals surface area contributed by atoms with E-state index >= 15 is 0 Å². The van der Waals surface area contributed by atoms with Crippen molar-refractivity contribution in [3.63, 3.8) is 0 Å². The summed E-state index contributed by atoms with van der Waals surface area (Å²) in [5.41, 5.74) is 1.13. The molecule has 0 saturated heterocycles. The summed E-state index contributed by atoms with van der Waals surface area (Å²) >= 11 is 0. The Hall–Kier alpha value is -3.24. The lowest BCUT2D eigenvalue weighted by Crippen LogP contribution is -2.23. The Kier molecular flexibility index (Phi) is 5.19. The molecule has 0 aliphatic rings. The largest absolute Gasteiger partial charge is 0.495 e. The van der Waals surface area contributed by atoms with Crippen molar-refractivity contribution in [3.05, 3.63) is 76.6 Å². The van der Waals surface area contributed by atoms with Gasteiger partial charge in [-0.2, -0.15) is 5.10 Å². The molecule has 0 fully saturated rings. The average molecular weight is 388 g/mol. The van der Waals surface area contributed by atoms with Crippen molar-refractivity contribution < 1.29 is 18.1 Å². The maximum absolute atomic E-state index is 12.6. The molecule has 0 amide bonds. The predicted octanol–water partition coefficient (Wildman–Crippen LogP) is 2.27. The van der Waals surface area contributed by atoms with E-state index in [2.05, 4.69) is 9.82 Å². The fourth-order valence-corrected chi connectivity index (χ4v) is 3.62. The van der Waals surface area contributed by atoms with E-state index in [1.165, 1.54) is 19.2 Å². The molecule has 1 heterocycles. The average Bonchev–Trinajstić information content (AvgIpc) is 3.16. The summed E-state index contributed by atoms with van der Waals surface area (Å²) in [5, 5.41) is 15.1. The molecule has 27 heavy (non-hydrogen) atoms. The van der Waals surface area contributed by atoms with Crippen molar-refractivity contribution in [2.24, 2.45) is 0 Å². The zero-order valence-electron chi connectivity index (χ0n) is 14.3. The molecule has 0 unspecified atom stereocenters. The molecule has 9 nitrogen and oxygen atoms in total. The topological polar surface area (TPSA) is 116 Å². The maximum Gasteiger partial charge on any atom is 0.271 e. The molecule has 0 atom stereocenters. The van der Waals surface area contributed by atoms with E-state index in [0.717, 1.165) is 11.8 Å². The van der Waals surface area contributed by atoms with Crippen molar-refractivity contribution in [1.82, 2.24) is 14.5 Å². The van der Waals surface area contributed by atoms with Crippen molar-refractivity contribution in [3.8, 4) is 11.4 Å². The first-order chi connectivity index (χ1) is 12.9. The van der Waals surface area contributed by atoms with Gasteiger partial charge >= 0.3 is 0 Å². The van der Waals surface area contributed by atoms with Crippen molar-refractivity contribution in [2.75, 3.05) is 7.11 Å². The van der Waals surface area contributed by atoms with Crippen LogP contribution in [0.2, 0.25) is 0 Å². The number of hydrogen-bond donors (Lipinski definition) is 1. The highest BCUT2D eigenvalue weighted by Crippen LogP contribution is 2.28. The SMILES string of the molecule is COc1ccc([N+](=O)[O-])cc1S(=O)(=O)NCc1cnn(-c2ccccc2)c1. The smallest absolute Gasteiger partial charge is 0.271 e. The molecule has 1 N–H and O–H groups in total. The first-order valence-electron chi connectivity index (χ1n) is 7.82. The lowest BCUT2D eigenvalue weighted by atomic mass is 10.3. The Morgan fingerprint density at radius 3 is 2.63 bits per heavy atom. The summed E-state index contributed by atoms with van der Waals surface area (Å²) in [4.78, 5) is 9.97. The molecular formula is C17H16N4O5S. The maximum atomic E-state index is 12.6. The number of nitro groups is 1. The number of methoxy groups -OCH3 is 1. The number of nitrogens with zero attached hydrogens (tertiary/aromatic N) is 3. The number of non-ortho nitro benzene ring substituents is 1. The minimum absolute atomic E-state index is 0.0214. The molecule has 10 heteroatoms. The second-order valence-corrected chi connectivity index (χ2v) is 7.28. The fraction of sp³-hybridized carbons (Fsp3) is 0.118. The summed E-state index contributed by atoms with van der Waals surface area (Å²) in [5.74, 6) is 0.0214. The molecule has 3 aromatic rings. The van der Waals surface area contributed by atoms with Gasteiger partial charge < -0.3 is 4.74 Å². The van der Waals surface area contributed by atoms with E-state index in [1.54, 1.807) is 17.1 Å². The number of nitrogens with one attached hydrogen (secondary N) is 1. The van der Waals surface area contributed by atoms with Crippen LogP contribution in [0, 0.1) is 10.1 Å². The molecule has 0 radical (unpaired) electrons. The van der Waals surface area contributed by atoms with Crippen LogP contribution in [0.15, 0.2) is 65.8 Å². The number of rotatable bonds is 7.